The molecule has 0 saturated heterocycles. The quantitative estimate of drug-likeness (QED) is 0.857. The molecule has 2 aromatic carbocycles. The van der Waals surface area contributed by atoms with Crippen LogP contribution in [0.5, 0.6) is 0 Å². The van der Waals surface area contributed by atoms with E-state index in [9.17, 15) is 13.2 Å². The number of halogens is 3. The number of hydrogen-bond donors (Lipinski definition) is 1. The standard InChI is InChI=1S/C16H19F3N2/c1-11(2)21(10-16(17,18)19)9-14-7-12-5-3-4-6-13(12)8-15(14)20/h3-8,11H,9-10,20H2,1-2H3. The van der Waals surface area contributed by atoms with Gasteiger partial charge in [-0.2, -0.15) is 13.2 Å². The number of fused-ring (bicyclic) bond motifs is 1. The van der Waals surface area contributed by atoms with E-state index < -0.39 is 12.7 Å². The maximum absolute atomic E-state index is 12.6. The summed E-state index contributed by atoms with van der Waals surface area (Å²) < 4.78 is 37.9. The Labute approximate surface area is 122 Å². The number of benzene rings is 2. The van der Waals surface area contributed by atoms with E-state index in [-0.39, 0.29) is 12.6 Å². The predicted molar refractivity (Wildman–Crippen MR) is 80.0 cm³/mol. The summed E-state index contributed by atoms with van der Waals surface area (Å²) in [5.74, 6) is 0. The minimum atomic E-state index is -4.21. The van der Waals surface area contributed by atoms with Crippen molar-refractivity contribution in [2.24, 2.45) is 0 Å². The maximum atomic E-state index is 12.6. The van der Waals surface area contributed by atoms with E-state index in [4.69, 9.17) is 5.73 Å². The average molecular weight is 296 g/mol. The summed E-state index contributed by atoms with van der Waals surface area (Å²) in [6.45, 7) is 2.76. The molecule has 0 fully saturated rings. The van der Waals surface area contributed by atoms with Gasteiger partial charge in [-0.3, -0.25) is 4.90 Å². The van der Waals surface area contributed by atoms with E-state index in [0.717, 1.165) is 16.3 Å². The number of nitrogens with two attached hydrogens (primary N) is 1. The largest absolute Gasteiger partial charge is 0.401 e. The van der Waals surface area contributed by atoms with Crippen molar-refractivity contribution >= 4 is 16.5 Å². The van der Waals surface area contributed by atoms with Gasteiger partial charge < -0.3 is 5.73 Å². The molecule has 0 aliphatic heterocycles. The van der Waals surface area contributed by atoms with Gasteiger partial charge in [0, 0.05) is 18.3 Å². The highest BCUT2D eigenvalue weighted by molar-refractivity contribution is 5.86. The Bertz CT molecular complexity index is 620. The van der Waals surface area contributed by atoms with Crippen molar-refractivity contribution in [2.75, 3.05) is 12.3 Å². The molecule has 0 aromatic heterocycles. The van der Waals surface area contributed by atoms with Gasteiger partial charge in [-0.25, -0.2) is 0 Å². The Hall–Kier alpha value is -1.75. The zero-order valence-electron chi connectivity index (χ0n) is 12.1. The van der Waals surface area contributed by atoms with Gasteiger partial charge in [0.15, 0.2) is 0 Å². The van der Waals surface area contributed by atoms with Crippen LogP contribution in [0.15, 0.2) is 36.4 Å². The molecule has 0 bridgehead atoms. The number of anilines is 1. The smallest absolute Gasteiger partial charge is 0.398 e. The summed E-state index contributed by atoms with van der Waals surface area (Å²) in [6, 6.07) is 11.2. The van der Waals surface area contributed by atoms with Crippen molar-refractivity contribution in [3.63, 3.8) is 0 Å². The highest BCUT2D eigenvalue weighted by atomic mass is 19.4. The molecule has 21 heavy (non-hydrogen) atoms. The van der Waals surface area contributed by atoms with Crippen LogP contribution in [0.2, 0.25) is 0 Å². The zero-order valence-corrected chi connectivity index (χ0v) is 12.1. The molecule has 2 aromatic rings. The van der Waals surface area contributed by atoms with Crippen molar-refractivity contribution in [3.8, 4) is 0 Å². The molecular weight excluding hydrogens is 277 g/mol. The van der Waals surface area contributed by atoms with Gasteiger partial charge in [0.1, 0.15) is 0 Å². The number of hydrogen-bond acceptors (Lipinski definition) is 2. The number of nitrogen functional groups attached to an aromatic ring is 1. The second-order valence-electron chi connectivity index (χ2n) is 5.51. The molecule has 0 saturated carbocycles. The lowest BCUT2D eigenvalue weighted by atomic mass is 10.0. The molecule has 2 N–H and O–H groups in total. The van der Waals surface area contributed by atoms with Gasteiger partial charge >= 0.3 is 6.18 Å². The van der Waals surface area contributed by atoms with Crippen LogP contribution in [0.4, 0.5) is 18.9 Å². The monoisotopic (exact) mass is 296 g/mol. The summed E-state index contributed by atoms with van der Waals surface area (Å²) in [4.78, 5) is 1.38. The lowest BCUT2D eigenvalue weighted by Gasteiger charge is -2.28. The Morgan fingerprint density at radius 1 is 1.10 bits per heavy atom. The van der Waals surface area contributed by atoms with Crippen molar-refractivity contribution in [1.29, 1.82) is 0 Å². The summed E-state index contributed by atoms with van der Waals surface area (Å²) in [5.41, 5.74) is 7.25. The van der Waals surface area contributed by atoms with Gasteiger partial charge in [-0.15, -0.1) is 0 Å². The van der Waals surface area contributed by atoms with Crippen LogP contribution >= 0.6 is 0 Å². The molecular formula is C16H19F3N2. The first-order valence-corrected chi connectivity index (χ1v) is 6.84. The average Bonchev–Trinajstić information content (AvgIpc) is 2.37. The van der Waals surface area contributed by atoms with Crippen LogP contribution in [-0.2, 0) is 6.54 Å². The Balaban J connectivity index is 2.30. The molecule has 0 spiro atoms. The number of nitrogens with zero attached hydrogens (tertiary/aromatic N) is 1. The first-order chi connectivity index (χ1) is 9.76. The number of alkyl halides is 3. The Morgan fingerprint density at radius 2 is 1.67 bits per heavy atom. The third kappa shape index (κ3) is 4.11. The normalized spacial score (nSPS) is 12.5. The third-order valence-corrected chi connectivity index (χ3v) is 3.49. The first kappa shape index (κ1) is 15.6. The predicted octanol–water partition coefficient (Wildman–Crippen LogP) is 4.19. The molecule has 0 aliphatic carbocycles. The van der Waals surface area contributed by atoms with Crippen LogP contribution < -0.4 is 5.73 Å². The van der Waals surface area contributed by atoms with Gasteiger partial charge in [0.05, 0.1) is 6.54 Å². The van der Waals surface area contributed by atoms with E-state index in [1.54, 1.807) is 13.8 Å². The molecule has 114 valence electrons. The van der Waals surface area contributed by atoms with Crippen molar-refractivity contribution in [2.45, 2.75) is 32.6 Å². The fourth-order valence-corrected chi connectivity index (χ4v) is 2.31. The minimum absolute atomic E-state index is 0.188. The second kappa shape index (κ2) is 5.93. The molecule has 0 heterocycles. The van der Waals surface area contributed by atoms with Crippen molar-refractivity contribution in [1.82, 2.24) is 4.90 Å². The second-order valence-corrected chi connectivity index (χ2v) is 5.51. The first-order valence-electron chi connectivity index (χ1n) is 6.84. The summed E-state index contributed by atoms with van der Waals surface area (Å²) in [6.07, 6.45) is -4.21. The van der Waals surface area contributed by atoms with Crippen molar-refractivity contribution < 1.29 is 13.2 Å². The maximum Gasteiger partial charge on any atom is 0.401 e. The minimum Gasteiger partial charge on any atom is -0.398 e. The molecule has 0 radical (unpaired) electrons. The van der Waals surface area contributed by atoms with Crippen molar-refractivity contribution in [3.05, 3.63) is 42.0 Å². The zero-order chi connectivity index (χ0) is 15.6. The summed E-state index contributed by atoms with van der Waals surface area (Å²) in [5, 5.41) is 1.98. The Kier molecular flexibility index (Phi) is 4.42. The topological polar surface area (TPSA) is 29.3 Å². The third-order valence-electron chi connectivity index (χ3n) is 3.49. The highest BCUT2D eigenvalue weighted by Gasteiger charge is 2.31. The van der Waals surface area contributed by atoms with E-state index in [2.05, 4.69) is 0 Å². The SMILES string of the molecule is CC(C)N(Cc1cc2ccccc2cc1N)CC(F)(F)F. The van der Waals surface area contributed by atoms with Crippen LogP contribution in [0, 0.1) is 0 Å². The fraction of sp³-hybridized carbons (Fsp3) is 0.375. The molecule has 0 aliphatic rings. The highest BCUT2D eigenvalue weighted by Crippen LogP contribution is 2.25. The van der Waals surface area contributed by atoms with Crippen LogP contribution in [0.1, 0.15) is 19.4 Å². The van der Waals surface area contributed by atoms with Crippen LogP contribution in [0.25, 0.3) is 10.8 Å². The fourth-order valence-electron chi connectivity index (χ4n) is 2.31. The lowest BCUT2D eigenvalue weighted by molar-refractivity contribution is -0.150. The van der Waals surface area contributed by atoms with Gasteiger partial charge in [0.25, 0.3) is 0 Å². The van der Waals surface area contributed by atoms with Crippen LogP contribution in [0.3, 0.4) is 0 Å². The molecule has 2 nitrogen and oxygen atoms in total. The van der Waals surface area contributed by atoms with E-state index >= 15 is 0 Å². The van der Waals surface area contributed by atoms with Crippen LogP contribution in [-0.4, -0.2) is 23.7 Å². The molecule has 2 rings (SSSR count). The summed E-state index contributed by atoms with van der Waals surface area (Å²) >= 11 is 0. The van der Waals surface area contributed by atoms with Gasteiger partial charge in [0.2, 0.25) is 0 Å². The molecule has 0 atom stereocenters. The summed E-state index contributed by atoms with van der Waals surface area (Å²) in [7, 11) is 0. The Morgan fingerprint density at radius 3 is 2.19 bits per heavy atom. The molecule has 0 amide bonds. The molecule has 0 unspecified atom stereocenters. The lowest BCUT2D eigenvalue weighted by Crippen LogP contribution is -2.38. The number of rotatable bonds is 4. The van der Waals surface area contributed by atoms with E-state index in [1.165, 1.54) is 4.90 Å². The van der Waals surface area contributed by atoms with Gasteiger partial charge in [-0.05, 0) is 42.3 Å². The van der Waals surface area contributed by atoms with E-state index in [0.29, 0.717) is 5.69 Å². The van der Waals surface area contributed by atoms with Gasteiger partial charge in [-0.1, -0.05) is 24.3 Å². The molecule has 5 heteroatoms. The van der Waals surface area contributed by atoms with E-state index in [1.807, 2.05) is 36.4 Å².